The average Bonchev–Trinajstić information content (AvgIpc) is 3.65. The van der Waals surface area contributed by atoms with Gasteiger partial charge in [-0.25, -0.2) is 9.18 Å². The Morgan fingerprint density at radius 2 is 1.55 bits per heavy atom. The van der Waals surface area contributed by atoms with Gasteiger partial charge in [-0.1, -0.05) is 60.1 Å². The second kappa shape index (κ2) is 20.6. The quantitative estimate of drug-likeness (QED) is 0.234. The molecule has 47 heavy (non-hydrogen) atoms. The molecule has 0 atom stereocenters. The number of nitrogens with zero attached hydrogens (tertiary/aromatic N) is 5. The number of ether oxygens (including phenoxy) is 2. The first-order valence-electron chi connectivity index (χ1n) is 17.2. The van der Waals surface area contributed by atoms with Crippen LogP contribution in [0.5, 0.6) is 6.01 Å². The smallest absolute Gasteiger partial charge is 0.451 e. The Labute approximate surface area is 295 Å². The van der Waals surface area contributed by atoms with Crippen LogP contribution in [0.4, 0.5) is 15.0 Å². The van der Waals surface area contributed by atoms with Crippen LogP contribution in [0.15, 0.2) is 10.5 Å². The van der Waals surface area contributed by atoms with Gasteiger partial charge in [0.15, 0.2) is 5.82 Å². The summed E-state index contributed by atoms with van der Waals surface area (Å²) in [5, 5.41) is 16.4. The third-order valence-corrected chi connectivity index (χ3v) is 8.56. The lowest BCUT2D eigenvalue weighted by atomic mass is 9.88. The molecular weight excluding hydrogens is 692 g/mol. The summed E-state index contributed by atoms with van der Waals surface area (Å²) < 4.78 is 27.5. The van der Waals surface area contributed by atoms with Gasteiger partial charge in [-0.3, -0.25) is 4.90 Å². The lowest BCUT2D eigenvalue weighted by Gasteiger charge is -2.36. The summed E-state index contributed by atoms with van der Waals surface area (Å²) in [4.78, 5) is 28.0. The summed E-state index contributed by atoms with van der Waals surface area (Å²) in [6.07, 6.45) is 4.57. The number of hydrogen-bond donors (Lipinski definition) is 2. The fourth-order valence-corrected chi connectivity index (χ4v) is 6.47. The maximum atomic E-state index is 15.2. The van der Waals surface area contributed by atoms with Gasteiger partial charge < -0.3 is 29.3 Å². The number of hydrogen-bond acceptors (Lipinski definition) is 9. The topological polar surface area (TPSA) is 111 Å². The van der Waals surface area contributed by atoms with Crippen LogP contribution < -0.4 is 9.64 Å². The summed E-state index contributed by atoms with van der Waals surface area (Å²) in [6, 6.07) is 1.67. The highest BCUT2D eigenvalue weighted by molar-refractivity contribution is 9.10. The fourth-order valence-electron chi connectivity index (χ4n) is 5.55. The van der Waals surface area contributed by atoms with E-state index in [1.54, 1.807) is 11.8 Å². The minimum Gasteiger partial charge on any atom is -0.461 e. The molecule has 0 saturated carbocycles. The zero-order chi connectivity index (χ0) is 35.9. The minimum atomic E-state index is -1.12. The van der Waals surface area contributed by atoms with Crippen molar-refractivity contribution in [1.82, 2.24) is 19.8 Å². The maximum Gasteiger partial charge on any atom is 0.451 e. The van der Waals surface area contributed by atoms with Crippen molar-refractivity contribution in [2.45, 2.75) is 112 Å². The van der Waals surface area contributed by atoms with Crippen LogP contribution in [0.2, 0.25) is 11.3 Å². The molecular formula is C33H57BBrClFN5O5. The minimum absolute atomic E-state index is 0.0175. The van der Waals surface area contributed by atoms with Gasteiger partial charge in [-0.05, 0) is 87.9 Å². The molecule has 0 aliphatic carbocycles. The molecule has 0 unspecified atom stereocenters. The van der Waals surface area contributed by atoms with E-state index in [2.05, 4.69) is 25.8 Å². The van der Waals surface area contributed by atoms with E-state index in [-0.39, 0.29) is 28.2 Å². The molecule has 3 saturated heterocycles. The van der Waals surface area contributed by atoms with Gasteiger partial charge in [0.1, 0.15) is 23.5 Å². The summed E-state index contributed by atoms with van der Waals surface area (Å²) in [6.45, 7) is 23.9. The zero-order valence-electron chi connectivity index (χ0n) is 30.1. The van der Waals surface area contributed by atoms with Crippen LogP contribution in [-0.2, 0) is 4.74 Å². The molecule has 1 aromatic heterocycles. The van der Waals surface area contributed by atoms with Crippen LogP contribution in [0.3, 0.4) is 0 Å². The van der Waals surface area contributed by atoms with Crippen molar-refractivity contribution in [3.63, 3.8) is 0 Å². The normalized spacial score (nSPS) is 16.7. The third-order valence-electron chi connectivity index (χ3n) is 7.66. The number of aromatic nitrogens is 2. The Hall–Kier alpha value is -1.93. The Morgan fingerprint density at radius 1 is 1.02 bits per heavy atom. The number of benzene rings is 1. The van der Waals surface area contributed by atoms with E-state index in [9.17, 15) is 4.79 Å². The zero-order valence-corrected chi connectivity index (χ0v) is 32.5. The SMILES string of the molecule is CC.CC.CC.CC(C)(C)OC(=O)N1CCN(c2nc(OCC34CCCN3CCC4)nc3c(F)c(Cl)cc(Br)c23)CC1.CCB(O)O. The highest BCUT2D eigenvalue weighted by atomic mass is 79.9. The van der Waals surface area contributed by atoms with Gasteiger partial charge in [0, 0.05) is 30.7 Å². The van der Waals surface area contributed by atoms with Crippen LogP contribution in [0.1, 0.15) is 94.9 Å². The Bertz CT molecular complexity index is 1240. The molecule has 3 aliphatic rings. The standard InChI is InChI=1S/C25H32BrClFN5O3.C2H7BO2.3C2H6/c1-24(2,3)36-23(34)32-12-10-31(11-13-32)21-18-16(26)14-17(27)19(28)20(18)29-22(30-21)35-15-25-6-4-8-33(25)9-5-7-25;1-2-3(4)5;3*1-2/h14H,4-13,15H2,1-3H3;4-5H,2H2,1H3;3*1-2H3. The van der Waals surface area contributed by atoms with Crippen molar-refractivity contribution in [1.29, 1.82) is 0 Å². The van der Waals surface area contributed by atoms with Crippen molar-refractivity contribution in [3.05, 3.63) is 21.4 Å². The number of rotatable bonds is 5. The molecule has 1 amide bonds. The van der Waals surface area contributed by atoms with E-state index in [1.807, 2.05) is 67.2 Å². The predicted molar refractivity (Wildman–Crippen MR) is 195 cm³/mol. The maximum absolute atomic E-state index is 15.2. The lowest BCUT2D eigenvalue weighted by molar-refractivity contribution is 0.0240. The first kappa shape index (κ1) is 43.1. The first-order valence-corrected chi connectivity index (χ1v) is 18.3. The number of fused-ring (bicyclic) bond motifs is 2. The molecule has 3 fully saturated rings. The van der Waals surface area contributed by atoms with Crippen molar-refractivity contribution in [3.8, 4) is 6.01 Å². The van der Waals surface area contributed by atoms with Gasteiger partial charge in [-0.15, -0.1) is 0 Å². The van der Waals surface area contributed by atoms with E-state index < -0.39 is 18.5 Å². The van der Waals surface area contributed by atoms with Crippen molar-refractivity contribution < 1.29 is 28.7 Å². The number of amides is 1. The largest absolute Gasteiger partial charge is 0.461 e. The Balaban J connectivity index is 0.000000893. The van der Waals surface area contributed by atoms with E-state index in [4.69, 9.17) is 36.1 Å². The second-order valence-corrected chi connectivity index (χ2v) is 13.0. The van der Waals surface area contributed by atoms with Gasteiger partial charge in [0.25, 0.3) is 0 Å². The Morgan fingerprint density at radius 3 is 2.04 bits per heavy atom. The van der Waals surface area contributed by atoms with Crippen LogP contribution in [0, 0.1) is 5.82 Å². The number of piperazine rings is 1. The molecule has 10 nitrogen and oxygen atoms in total. The molecule has 2 N–H and O–H groups in total. The van der Waals surface area contributed by atoms with Gasteiger partial charge >= 0.3 is 19.2 Å². The Kier molecular flexibility index (Phi) is 18.8. The van der Waals surface area contributed by atoms with Crippen LogP contribution in [-0.4, -0.2) is 100 Å². The summed E-state index contributed by atoms with van der Waals surface area (Å²) in [7, 11) is -1.12. The molecule has 14 heteroatoms. The summed E-state index contributed by atoms with van der Waals surface area (Å²) in [5.41, 5.74) is -0.417. The summed E-state index contributed by atoms with van der Waals surface area (Å²) >= 11 is 9.69. The number of anilines is 1. The number of halogens is 3. The van der Waals surface area contributed by atoms with Gasteiger partial charge in [0.2, 0.25) is 0 Å². The first-order chi connectivity index (χ1) is 22.3. The molecule has 1 aromatic carbocycles. The molecule has 268 valence electrons. The molecule has 0 radical (unpaired) electrons. The molecule has 0 bridgehead atoms. The predicted octanol–water partition coefficient (Wildman–Crippen LogP) is 7.81. The van der Waals surface area contributed by atoms with E-state index in [0.717, 1.165) is 38.8 Å². The lowest BCUT2D eigenvalue weighted by Crippen LogP contribution is -2.50. The van der Waals surface area contributed by atoms with Gasteiger partial charge in [-0.2, -0.15) is 9.97 Å². The molecule has 5 rings (SSSR count). The number of carbonyl (C=O) groups excluding carboxylic acids is 1. The van der Waals surface area contributed by atoms with Crippen molar-refractivity contribution in [2.75, 3.05) is 50.8 Å². The van der Waals surface area contributed by atoms with E-state index in [1.165, 1.54) is 6.07 Å². The van der Waals surface area contributed by atoms with Crippen molar-refractivity contribution in [2.24, 2.45) is 0 Å². The molecule has 4 heterocycles. The highest BCUT2D eigenvalue weighted by Gasteiger charge is 2.45. The molecule has 3 aliphatic heterocycles. The van der Waals surface area contributed by atoms with Crippen LogP contribution in [0.25, 0.3) is 10.9 Å². The van der Waals surface area contributed by atoms with Gasteiger partial charge in [0.05, 0.1) is 15.9 Å². The van der Waals surface area contributed by atoms with E-state index >= 15 is 4.39 Å². The van der Waals surface area contributed by atoms with Crippen LogP contribution >= 0.6 is 27.5 Å². The van der Waals surface area contributed by atoms with Crippen molar-refractivity contribution >= 4 is 57.5 Å². The summed E-state index contributed by atoms with van der Waals surface area (Å²) in [5.74, 6) is -0.0363. The third kappa shape index (κ3) is 11.9. The van der Waals surface area contributed by atoms with E-state index in [0.29, 0.717) is 54.8 Å². The highest BCUT2D eigenvalue weighted by Crippen LogP contribution is 2.40. The number of carbonyl (C=O) groups is 1. The monoisotopic (exact) mass is 747 g/mol. The second-order valence-electron chi connectivity index (χ2n) is 11.8. The molecule has 2 aromatic rings. The molecule has 0 spiro atoms. The average molecular weight is 749 g/mol. The fraction of sp³-hybridized carbons (Fsp3) is 0.727.